The van der Waals surface area contributed by atoms with Crippen LogP contribution in [0.25, 0.3) is 0 Å². The van der Waals surface area contributed by atoms with Gasteiger partial charge in [-0.2, -0.15) is 0 Å². The van der Waals surface area contributed by atoms with Gasteiger partial charge in [0.1, 0.15) is 12.2 Å². The average molecular weight is 202 g/mol. The Morgan fingerprint density at radius 3 is 2.36 bits per heavy atom. The highest BCUT2D eigenvalue weighted by molar-refractivity contribution is 4.73. The Kier molecular flexibility index (Phi) is 8.47. The number of hydrogen-bond donors (Lipinski definition) is 2. The van der Waals surface area contributed by atoms with Crippen LogP contribution in [-0.4, -0.2) is 48.8 Å². The van der Waals surface area contributed by atoms with E-state index in [0.29, 0.717) is 13.2 Å². The van der Waals surface area contributed by atoms with Gasteiger partial charge in [0.25, 0.3) is 0 Å². The fraction of sp³-hybridized carbons (Fsp3) is 0.600. The van der Waals surface area contributed by atoms with Crippen molar-refractivity contribution in [1.29, 1.82) is 0 Å². The summed E-state index contributed by atoms with van der Waals surface area (Å²) >= 11 is 0. The number of hydrogen-bond acceptors (Lipinski definition) is 4. The minimum atomic E-state index is -0.931. The summed E-state index contributed by atoms with van der Waals surface area (Å²) in [6.07, 6.45) is 1.72. The molecule has 0 aliphatic heterocycles. The molecule has 0 saturated carbocycles. The van der Waals surface area contributed by atoms with Gasteiger partial charge in [-0.15, -0.1) is 13.2 Å². The van der Waals surface area contributed by atoms with Gasteiger partial charge in [-0.05, 0) is 0 Å². The quantitative estimate of drug-likeness (QED) is 0.411. The van der Waals surface area contributed by atoms with E-state index in [2.05, 4.69) is 13.2 Å². The van der Waals surface area contributed by atoms with Gasteiger partial charge in [0.15, 0.2) is 0 Å². The highest BCUT2D eigenvalue weighted by Crippen LogP contribution is 2.00. The standard InChI is InChI=1S/C10H18O4/c1-3-5-13-8-10(9(12)7-11)14-6-4-2/h3-4,9-12H,1-2,5-8H2/t9-,10+/m1/s1. The molecule has 14 heavy (non-hydrogen) atoms. The molecule has 4 heteroatoms. The Morgan fingerprint density at radius 2 is 1.86 bits per heavy atom. The summed E-state index contributed by atoms with van der Waals surface area (Å²) < 4.78 is 10.3. The maximum absolute atomic E-state index is 9.33. The monoisotopic (exact) mass is 202 g/mol. The summed E-state index contributed by atoms with van der Waals surface area (Å²) in [5.41, 5.74) is 0. The van der Waals surface area contributed by atoms with E-state index >= 15 is 0 Å². The van der Waals surface area contributed by atoms with Crippen LogP contribution in [0.1, 0.15) is 0 Å². The van der Waals surface area contributed by atoms with Crippen LogP contribution in [0.15, 0.2) is 25.3 Å². The predicted octanol–water partition coefficient (Wildman–Crippen LogP) is 0.113. The third kappa shape index (κ3) is 5.88. The molecule has 0 aromatic carbocycles. The van der Waals surface area contributed by atoms with E-state index in [4.69, 9.17) is 14.6 Å². The first-order chi connectivity index (χ1) is 6.76. The van der Waals surface area contributed by atoms with Gasteiger partial charge in [-0.25, -0.2) is 0 Å². The van der Waals surface area contributed by atoms with E-state index < -0.39 is 12.2 Å². The van der Waals surface area contributed by atoms with Crippen LogP contribution in [-0.2, 0) is 9.47 Å². The lowest BCUT2D eigenvalue weighted by Crippen LogP contribution is -2.36. The molecule has 0 amide bonds. The molecule has 0 spiro atoms. The van der Waals surface area contributed by atoms with Gasteiger partial charge < -0.3 is 19.7 Å². The van der Waals surface area contributed by atoms with Gasteiger partial charge >= 0.3 is 0 Å². The molecule has 0 aromatic rings. The highest BCUT2D eigenvalue weighted by atomic mass is 16.5. The van der Waals surface area contributed by atoms with Crippen LogP contribution >= 0.6 is 0 Å². The molecular formula is C10H18O4. The SMILES string of the molecule is C=CCOC[C@H](OCC=C)[C@H](O)CO. The van der Waals surface area contributed by atoms with E-state index in [9.17, 15) is 5.11 Å². The zero-order valence-corrected chi connectivity index (χ0v) is 8.26. The zero-order chi connectivity index (χ0) is 10.8. The summed E-state index contributed by atoms with van der Waals surface area (Å²) in [7, 11) is 0. The van der Waals surface area contributed by atoms with E-state index in [1.54, 1.807) is 12.2 Å². The molecule has 0 aromatic heterocycles. The van der Waals surface area contributed by atoms with Crippen molar-refractivity contribution in [2.24, 2.45) is 0 Å². The smallest absolute Gasteiger partial charge is 0.109 e. The first-order valence-corrected chi connectivity index (χ1v) is 4.46. The number of aliphatic hydroxyl groups is 2. The maximum atomic E-state index is 9.33. The molecule has 0 unspecified atom stereocenters. The third-order valence-electron chi connectivity index (χ3n) is 1.56. The lowest BCUT2D eigenvalue weighted by atomic mass is 10.2. The van der Waals surface area contributed by atoms with E-state index in [0.717, 1.165) is 0 Å². The van der Waals surface area contributed by atoms with Gasteiger partial charge in [-0.1, -0.05) is 12.2 Å². The molecule has 0 bridgehead atoms. The summed E-state index contributed by atoms with van der Waals surface area (Å²) in [6.45, 7) is 7.57. The topological polar surface area (TPSA) is 58.9 Å². The predicted molar refractivity (Wildman–Crippen MR) is 54.0 cm³/mol. The fourth-order valence-corrected chi connectivity index (χ4v) is 0.847. The van der Waals surface area contributed by atoms with Gasteiger partial charge in [0, 0.05) is 0 Å². The molecule has 0 aliphatic carbocycles. The lowest BCUT2D eigenvalue weighted by molar-refractivity contribution is -0.0828. The molecule has 0 heterocycles. The minimum Gasteiger partial charge on any atom is -0.394 e. The van der Waals surface area contributed by atoms with Crippen molar-refractivity contribution in [3.8, 4) is 0 Å². The molecule has 0 saturated heterocycles. The van der Waals surface area contributed by atoms with E-state index in [1.807, 2.05) is 0 Å². The summed E-state index contributed by atoms with van der Waals surface area (Å²) in [5, 5.41) is 18.1. The van der Waals surface area contributed by atoms with Gasteiger partial charge in [0.2, 0.25) is 0 Å². The Hall–Kier alpha value is -0.680. The van der Waals surface area contributed by atoms with Crippen molar-refractivity contribution in [3.63, 3.8) is 0 Å². The molecular weight excluding hydrogens is 184 g/mol. The first kappa shape index (κ1) is 13.3. The van der Waals surface area contributed by atoms with Crippen molar-refractivity contribution in [1.82, 2.24) is 0 Å². The second-order valence-electron chi connectivity index (χ2n) is 2.74. The molecule has 0 fully saturated rings. The molecule has 2 atom stereocenters. The molecule has 0 radical (unpaired) electrons. The summed E-state index contributed by atoms with van der Waals surface area (Å²) in [6, 6.07) is 0. The average Bonchev–Trinajstić information content (AvgIpc) is 2.22. The van der Waals surface area contributed by atoms with E-state index in [1.165, 1.54) is 0 Å². The van der Waals surface area contributed by atoms with Crippen molar-refractivity contribution in [3.05, 3.63) is 25.3 Å². The first-order valence-electron chi connectivity index (χ1n) is 4.46. The van der Waals surface area contributed by atoms with E-state index in [-0.39, 0.29) is 13.2 Å². The summed E-state index contributed by atoms with van der Waals surface area (Å²) in [4.78, 5) is 0. The van der Waals surface area contributed by atoms with Crippen LogP contribution in [0, 0.1) is 0 Å². The van der Waals surface area contributed by atoms with Gasteiger partial charge in [0.05, 0.1) is 26.4 Å². The van der Waals surface area contributed by atoms with Crippen molar-refractivity contribution in [2.75, 3.05) is 26.4 Å². The third-order valence-corrected chi connectivity index (χ3v) is 1.56. The Morgan fingerprint density at radius 1 is 1.21 bits per heavy atom. The molecule has 2 N–H and O–H groups in total. The Balaban J connectivity index is 3.82. The van der Waals surface area contributed by atoms with Crippen LogP contribution in [0.3, 0.4) is 0 Å². The molecule has 0 rings (SSSR count). The Labute approximate surface area is 84.5 Å². The largest absolute Gasteiger partial charge is 0.394 e. The highest BCUT2D eigenvalue weighted by Gasteiger charge is 2.18. The number of aliphatic hydroxyl groups excluding tert-OH is 2. The van der Waals surface area contributed by atoms with Crippen molar-refractivity contribution < 1.29 is 19.7 Å². The van der Waals surface area contributed by atoms with Crippen LogP contribution in [0.4, 0.5) is 0 Å². The molecule has 0 aliphatic rings. The Bertz CT molecular complexity index is 158. The second kappa shape index (κ2) is 8.90. The normalized spacial score (nSPS) is 14.7. The second-order valence-corrected chi connectivity index (χ2v) is 2.74. The maximum Gasteiger partial charge on any atom is 0.109 e. The number of ether oxygens (including phenoxy) is 2. The molecule has 82 valence electrons. The van der Waals surface area contributed by atoms with Crippen molar-refractivity contribution in [2.45, 2.75) is 12.2 Å². The fourth-order valence-electron chi connectivity index (χ4n) is 0.847. The van der Waals surface area contributed by atoms with Crippen LogP contribution in [0.5, 0.6) is 0 Å². The van der Waals surface area contributed by atoms with Crippen molar-refractivity contribution >= 4 is 0 Å². The van der Waals surface area contributed by atoms with Crippen LogP contribution in [0.2, 0.25) is 0 Å². The molecule has 4 nitrogen and oxygen atoms in total. The minimum absolute atomic E-state index is 0.224. The lowest BCUT2D eigenvalue weighted by Gasteiger charge is -2.20. The van der Waals surface area contributed by atoms with Crippen LogP contribution < -0.4 is 0 Å². The number of rotatable bonds is 9. The zero-order valence-electron chi connectivity index (χ0n) is 8.26. The summed E-state index contributed by atoms with van der Waals surface area (Å²) in [5.74, 6) is 0. The van der Waals surface area contributed by atoms with Gasteiger partial charge in [-0.3, -0.25) is 0 Å².